The van der Waals surface area contributed by atoms with E-state index in [4.69, 9.17) is 28.6 Å². The third-order valence-electron chi connectivity index (χ3n) is 3.04. The van der Waals surface area contributed by atoms with Crippen LogP contribution in [0, 0.1) is 10.6 Å². The molecule has 6 heteroatoms. The number of ether oxygens (including phenoxy) is 1. The lowest BCUT2D eigenvalue weighted by Crippen LogP contribution is -1.96. The molecule has 0 spiro atoms. The molecule has 0 unspecified atom stereocenters. The molecule has 3 rings (SSSR count). The molecule has 3 nitrogen and oxygen atoms in total. The number of H-pyrrole nitrogens is 1. The summed E-state index contributed by atoms with van der Waals surface area (Å²) >= 11 is 11.2. The highest BCUT2D eigenvalue weighted by molar-refractivity contribution is 7.71. The zero-order valence-corrected chi connectivity index (χ0v) is 12.1. The molecule has 2 aromatic carbocycles. The maximum Gasteiger partial charge on any atom is 0.182 e. The van der Waals surface area contributed by atoms with Crippen molar-refractivity contribution in [3.05, 3.63) is 52.0 Å². The fourth-order valence-electron chi connectivity index (χ4n) is 2.13. The van der Waals surface area contributed by atoms with Crippen LogP contribution in [0.3, 0.4) is 0 Å². The molecule has 0 atom stereocenters. The number of halogens is 2. The van der Waals surface area contributed by atoms with Gasteiger partial charge in [-0.05, 0) is 42.5 Å². The molecule has 0 aliphatic carbocycles. The Morgan fingerprint density at radius 3 is 2.75 bits per heavy atom. The lowest BCUT2D eigenvalue weighted by molar-refractivity contribution is 0.386. The van der Waals surface area contributed by atoms with Crippen molar-refractivity contribution < 1.29 is 9.13 Å². The Hall–Kier alpha value is -1.85. The Labute approximate surface area is 124 Å². The van der Waals surface area contributed by atoms with Crippen molar-refractivity contribution in [1.82, 2.24) is 9.55 Å². The van der Waals surface area contributed by atoms with Crippen molar-refractivity contribution in [3.63, 3.8) is 0 Å². The first kappa shape index (κ1) is 13.1. The number of methoxy groups -OCH3 is 1. The molecular weight excluding hydrogens is 299 g/mol. The summed E-state index contributed by atoms with van der Waals surface area (Å²) in [6.45, 7) is 0. The Morgan fingerprint density at radius 2 is 2.05 bits per heavy atom. The van der Waals surface area contributed by atoms with Crippen LogP contribution in [-0.4, -0.2) is 16.7 Å². The lowest BCUT2D eigenvalue weighted by atomic mass is 10.2. The van der Waals surface area contributed by atoms with Crippen LogP contribution in [0.5, 0.6) is 5.75 Å². The number of hydrogen-bond acceptors (Lipinski definition) is 2. The third-order valence-corrected chi connectivity index (χ3v) is 3.56. The van der Waals surface area contributed by atoms with Crippen molar-refractivity contribution in [1.29, 1.82) is 0 Å². The van der Waals surface area contributed by atoms with Crippen molar-refractivity contribution in [3.8, 4) is 11.4 Å². The van der Waals surface area contributed by atoms with E-state index in [9.17, 15) is 4.39 Å². The Bertz CT molecular complexity index is 856. The van der Waals surface area contributed by atoms with Gasteiger partial charge in [0.15, 0.2) is 16.3 Å². The van der Waals surface area contributed by atoms with E-state index in [-0.39, 0.29) is 5.75 Å². The van der Waals surface area contributed by atoms with Gasteiger partial charge in [-0.2, -0.15) is 0 Å². The fraction of sp³-hybridized carbons (Fsp3) is 0.0714. The van der Waals surface area contributed by atoms with Gasteiger partial charge in [0.05, 0.1) is 23.8 Å². The monoisotopic (exact) mass is 308 g/mol. The smallest absolute Gasteiger partial charge is 0.182 e. The topological polar surface area (TPSA) is 29.9 Å². The van der Waals surface area contributed by atoms with E-state index >= 15 is 0 Å². The highest BCUT2D eigenvalue weighted by Crippen LogP contribution is 2.25. The highest BCUT2D eigenvalue weighted by atomic mass is 35.5. The number of nitrogens with one attached hydrogen (secondary N) is 1. The summed E-state index contributed by atoms with van der Waals surface area (Å²) in [5, 5.41) is 0.613. The van der Waals surface area contributed by atoms with Crippen molar-refractivity contribution in [2.45, 2.75) is 0 Å². The predicted octanol–water partition coefficient (Wildman–Crippen LogP) is 4.49. The Kier molecular flexibility index (Phi) is 3.23. The molecule has 0 saturated carbocycles. The van der Waals surface area contributed by atoms with Crippen LogP contribution in [0.25, 0.3) is 16.7 Å². The standard InChI is InChI=1S/C14H10ClFN2OS/c1-19-13-5-3-9(7-10(13)16)18-12-4-2-8(15)6-11(12)17-14(18)20/h2-7H,1H3,(H,17,20). The van der Waals surface area contributed by atoms with E-state index in [1.165, 1.54) is 13.2 Å². The van der Waals surface area contributed by atoms with Gasteiger partial charge in [0.2, 0.25) is 0 Å². The van der Waals surface area contributed by atoms with Gasteiger partial charge in [-0.15, -0.1) is 0 Å². The second-order valence-electron chi connectivity index (χ2n) is 4.25. The molecule has 0 amide bonds. The molecule has 102 valence electrons. The average molecular weight is 309 g/mol. The SMILES string of the molecule is COc1ccc(-n2c(=S)[nH]c3cc(Cl)ccc32)cc1F. The summed E-state index contributed by atoms with van der Waals surface area (Å²) in [4.78, 5) is 3.05. The number of aromatic amines is 1. The van der Waals surface area contributed by atoms with Crippen molar-refractivity contribution in [2.24, 2.45) is 0 Å². The minimum atomic E-state index is -0.435. The van der Waals surface area contributed by atoms with E-state index in [0.717, 1.165) is 11.0 Å². The first-order valence-corrected chi connectivity index (χ1v) is 6.63. The fourth-order valence-corrected chi connectivity index (χ4v) is 2.62. The minimum Gasteiger partial charge on any atom is -0.494 e. The first-order chi connectivity index (χ1) is 9.60. The predicted molar refractivity (Wildman–Crippen MR) is 80.0 cm³/mol. The Morgan fingerprint density at radius 1 is 1.25 bits per heavy atom. The number of nitrogens with zero attached hydrogens (tertiary/aromatic N) is 1. The molecule has 20 heavy (non-hydrogen) atoms. The molecule has 0 radical (unpaired) electrons. The molecular formula is C14H10ClFN2OS. The minimum absolute atomic E-state index is 0.197. The number of hydrogen-bond donors (Lipinski definition) is 1. The summed E-state index contributed by atoms with van der Waals surface area (Å²) in [7, 11) is 1.43. The zero-order chi connectivity index (χ0) is 14.3. The van der Waals surface area contributed by atoms with Gasteiger partial charge in [-0.1, -0.05) is 11.6 Å². The van der Waals surface area contributed by atoms with Crippen LogP contribution in [0.15, 0.2) is 36.4 Å². The molecule has 1 heterocycles. The van der Waals surface area contributed by atoms with Crippen LogP contribution >= 0.6 is 23.8 Å². The van der Waals surface area contributed by atoms with E-state index in [0.29, 0.717) is 15.5 Å². The van der Waals surface area contributed by atoms with Crippen molar-refractivity contribution in [2.75, 3.05) is 7.11 Å². The highest BCUT2D eigenvalue weighted by Gasteiger charge is 2.10. The van der Waals surface area contributed by atoms with Crippen LogP contribution in [-0.2, 0) is 0 Å². The third kappa shape index (κ3) is 2.09. The largest absolute Gasteiger partial charge is 0.494 e. The van der Waals surface area contributed by atoms with Gasteiger partial charge in [-0.3, -0.25) is 4.57 Å². The molecule has 1 N–H and O–H groups in total. The van der Waals surface area contributed by atoms with E-state index in [2.05, 4.69) is 4.98 Å². The molecule has 1 aromatic heterocycles. The van der Waals surface area contributed by atoms with Gasteiger partial charge in [-0.25, -0.2) is 4.39 Å². The first-order valence-electron chi connectivity index (χ1n) is 5.84. The van der Waals surface area contributed by atoms with Crippen LogP contribution in [0.4, 0.5) is 4.39 Å². The van der Waals surface area contributed by atoms with Crippen molar-refractivity contribution >= 4 is 34.9 Å². The summed E-state index contributed by atoms with van der Waals surface area (Å²) in [6.07, 6.45) is 0. The molecule has 3 aromatic rings. The summed E-state index contributed by atoms with van der Waals surface area (Å²) in [6, 6.07) is 10.1. The zero-order valence-electron chi connectivity index (χ0n) is 10.5. The van der Waals surface area contributed by atoms with E-state index in [1.54, 1.807) is 28.8 Å². The maximum atomic E-state index is 13.8. The number of rotatable bonds is 2. The second-order valence-corrected chi connectivity index (χ2v) is 5.07. The van der Waals surface area contributed by atoms with Gasteiger partial charge < -0.3 is 9.72 Å². The van der Waals surface area contributed by atoms with Gasteiger partial charge in [0.25, 0.3) is 0 Å². The molecule has 0 saturated heterocycles. The average Bonchev–Trinajstić information content (AvgIpc) is 2.73. The van der Waals surface area contributed by atoms with E-state index < -0.39 is 5.82 Å². The summed E-state index contributed by atoms with van der Waals surface area (Å²) < 4.78 is 21.0. The quantitative estimate of drug-likeness (QED) is 0.707. The van der Waals surface area contributed by atoms with Gasteiger partial charge in [0.1, 0.15) is 0 Å². The van der Waals surface area contributed by atoms with Gasteiger partial charge in [0, 0.05) is 11.1 Å². The van der Waals surface area contributed by atoms with E-state index in [1.807, 2.05) is 6.07 Å². The van der Waals surface area contributed by atoms with Crippen LogP contribution in [0.2, 0.25) is 5.02 Å². The lowest BCUT2D eigenvalue weighted by Gasteiger charge is -2.07. The molecule has 0 bridgehead atoms. The number of benzene rings is 2. The molecule has 0 aliphatic rings. The number of imidazole rings is 1. The normalized spacial score (nSPS) is 10.9. The van der Waals surface area contributed by atoms with Crippen LogP contribution < -0.4 is 4.74 Å². The number of fused-ring (bicyclic) bond motifs is 1. The summed E-state index contributed by atoms with van der Waals surface area (Å²) in [5.74, 6) is -0.238. The Balaban J connectivity index is 2.26. The molecule has 0 aliphatic heterocycles. The maximum absolute atomic E-state index is 13.8. The number of aromatic nitrogens is 2. The van der Waals surface area contributed by atoms with Crippen LogP contribution in [0.1, 0.15) is 0 Å². The molecule has 0 fully saturated rings. The van der Waals surface area contributed by atoms with Gasteiger partial charge >= 0.3 is 0 Å². The summed E-state index contributed by atoms with van der Waals surface area (Å²) in [5.41, 5.74) is 2.27. The second kappa shape index (κ2) is 4.92.